The second-order valence-corrected chi connectivity index (χ2v) is 6.55. The first-order valence-corrected chi connectivity index (χ1v) is 9.13. The average molecular weight is 348 g/mol. The van der Waals surface area contributed by atoms with E-state index >= 15 is 0 Å². The zero-order chi connectivity index (χ0) is 18.8. The molecule has 0 bridgehead atoms. The highest BCUT2D eigenvalue weighted by Gasteiger charge is 2.13. The van der Waals surface area contributed by atoms with E-state index in [1.165, 1.54) is 19.0 Å². The van der Waals surface area contributed by atoms with Gasteiger partial charge in [-0.15, -0.1) is 0 Å². The fraction of sp³-hybridized carbons (Fsp3) is 0.632. The van der Waals surface area contributed by atoms with Crippen molar-refractivity contribution in [2.24, 2.45) is 5.92 Å². The van der Waals surface area contributed by atoms with Gasteiger partial charge in [0.05, 0.1) is 23.1 Å². The summed E-state index contributed by atoms with van der Waals surface area (Å²) in [6, 6.07) is 1.62. The van der Waals surface area contributed by atoms with Crippen LogP contribution in [0.3, 0.4) is 0 Å². The number of aromatic nitrogens is 1. The Morgan fingerprint density at radius 3 is 2.64 bits per heavy atom. The van der Waals surface area contributed by atoms with E-state index in [9.17, 15) is 9.59 Å². The Labute approximate surface area is 151 Å². The van der Waals surface area contributed by atoms with Crippen LogP contribution in [-0.4, -0.2) is 41.8 Å². The summed E-state index contributed by atoms with van der Waals surface area (Å²) in [5.74, 6) is 0.626. The van der Waals surface area contributed by atoms with Crippen LogP contribution >= 0.6 is 0 Å². The molecule has 0 aliphatic rings. The van der Waals surface area contributed by atoms with Crippen molar-refractivity contribution in [3.63, 3.8) is 0 Å². The van der Waals surface area contributed by atoms with Crippen LogP contribution in [0.25, 0.3) is 0 Å². The van der Waals surface area contributed by atoms with Gasteiger partial charge >= 0.3 is 0 Å². The average Bonchev–Trinajstić information content (AvgIpc) is 2.60. The quantitative estimate of drug-likeness (QED) is 0.680. The van der Waals surface area contributed by atoms with Gasteiger partial charge in [0.15, 0.2) is 0 Å². The zero-order valence-corrected chi connectivity index (χ0v) is 16.0. The highest BCUT2D eigenvalue weighted by molar-refractivity contribution is 5.95. The summed E-state index contributed by atoms with van der Waals surface area (Å²) in [5.41, 5.74) is 7.24. The van der Waals surface area contributed by atoms with Crippen LogP contribution in [0.1, 0.15) is 62.0 Å². The molecule has 1 heterocycles. The molecular formula is C19H32N4O2. The lowest BCUT2D eigenvalue weighted by Crippen LogP contribution is -2.36. The lowest BCUT2D eigenvalue weighted by atomic mass is 9.96. The number of carbonyl (C=O) groups excluding carboxylic acids is 2. The Kier molecular flexibility index (Phi) is 8.95. The van der Waals surface area contributed by atoms with Gasteiger partial charge in [0.1, 0.15) is 0 Å². The number of hydrogen-bond donors (Lipinski definition) is 2. The lowest BCUT2D eigenvalue weighted by molar-refractivity contribution is -0.130. The molecule has 1 aromatic rings. The number of carbonyl (C=O) groups is 2. The van der Waals surface area contributed by atoms with Crippen molar-refractivity contribution in [3.8, 4) is 0 Å². The van der Waals surface area contributed by atoms with Crippen LogP contribution < -0.4 is 11.1 Å². The largest absolute Gasteiger partial charge is 0.397 e. The minimum atomic E-state index is -0.216. The second kappa shape index (κ2) is 10.7. The number of nitrogens with zero attached hydrogens (tertiary/aromatic N) is 2. The van der Waals surface area contributed by atoms with Crippen molar-refractivity contribution < 1.29 is 9.59 Å². The highest BCUT2D eigenvalue weighted by Crippen LogP contribution is 2.16. The van der Waals surface area contributed by atoms with Crippen LogP contribution in [-0.2, 0) is 4.79 Å². The minimum absolute atomic E-state index is 0.127. The maximum atomic E-state index is 12.2. The van der Waals surface area contributed by atoms with Gasteiger partial charge in [0.2, 0.25) is 5.91 Å². The van der Waals surface area contributed by atoms with E-state index < -0.39 is 0 Å². The number of amides is 2. The zero-order valence-electron chi connectivity index (χ0n) is 16.0. The third-order valence-electron chi connectivity index (χ3n) is 4.67. The molecule has 1 aromatic heterocycles. The monoisotopic (exact) mass is 348 g/mol. The molecule has 6 nitrogen and oxygen atoms in total. The number of nitrogen functional groups attached to an aromatic ring is 1. The highest BCUT2D eigenvalue weighted by atomic mass is 16.2. The van der Waals surface area contributed by atoms with E-state index in [1.54, 1.807) is 24.9 Å². The van der Waals surface area contributed by atoms with Crippen molar-refractivity contribution in [2.45, 2.75) is 52.9 Å². The number of rotatable bonds is 10. The fourth-order valence-corrected chi connectivity index (χ4v) is 2.77. The summed E-state index contributed by atoms with van der Waals surface area (Å²) in [7, 11) is 1.78. The Morgan fingerprint density at radius 2 is 2.00 bits per heavy atom. The maximum absolute atomic E-state index is 12.2. The first-order valence-electron chi connectivity index (χ1n) is 9.13. The molecule has 2 amide bonds. The normalized spacial score (nSPS) is 10.8. The van der Waals surface area contributed by atoms with Gasteiger partial charge in [-0.3, -0.25) is 14.6 Å². The van der Waals surface area contributed by atoms with Gasteiger partial charge in [-0.25, -0.2) is 0 Å². The molecular weight excluding hydrogens is 316 g/mol. The fourth-order valence-electron chi connectivity index (χ4n) is 2.77. The summed E-state index contributed by atoms with van der Waals surface area (Å²) in [6.07, 6.45) is 6.47. The summed E-state index contributed by atoms with van der Waals surface area (Å²) in [4.78, 5) is 30.1. The Bertz CT molecular complexity index is 571. The van der Waals surface area contributed by atoms with Crippen LogP contribution in [0.15, 0.2) is 12.3 Å². The Hall–Kier alpha value is -2.11. The van der Waals surface area contributed by atoms with Crippen molar-refractivity contribution in [1.82, 2.24) is 15.2 Å². The van der Waals surface area contributed by atoms with E-state index in [4.69, 9.17) is 5.73 Å². The van der Waals surface area contributed by atoms with Crippen molar-refractivity contribution in [2.75, 3.05) is 25.9 Å². The number of pyridine rings is 1. The smallest absolute Gasteiger partial charge is 0.253 e. The van der Waals surface area contributed by atoms with Crippen molar-refractivity contribution in [3.05, 3.63) is 23.5 Å². The van der Waals surface area contributed by atoms with Gasteiger partial charge in [0.25, 0.3) is 5.91 Å². The lowest BCUT2D eigenvalue weighted by Gasteiger charge is -2.18. The van der Waals surface area contributed by atoms with Crippen LogP contribution in [0.5, 0.6) is 0 Å². The topological polar surface area (TPSA) is 88.3 Å². The second-order valence-electron chi connectivity index (χ2n) is 6.55. The van der Waals surface area contributed by atoms with Crippen molar-refractivity contribution in [1.29, 1.82) is 0 Å². The van der Waals surface area contributed by atoms with Gasteiger partial charge < -0.3 is 16.0 Å². The molecule has 0 unspecified atom stereocenters. The number of nitrogens with one attached hydrogen (secondary N) is 1. The SMILES string of the molecule is CCC(CC)CCCC(=O)N(C)CCNC(=O)c1cc(N)cnc1C. The van der Waals surface area contributed by atoms with Gasteiger partial charge in [-0.2, -0.15) is 0 Å². The molecule has 0 fully saturated rings. The summed E-state index contributed by atoms with van der Waals surface area (Å²) in [5, 5.41) is 2.82. The molecule has 3 N–H and O–H groups in total. The summed E-state index contributed by atoms with van der Waals surface area (Å²) >= 11 is 0. The molecule has 6 heteroatoms. The number of hydrogen-bond acceptors (Lipinski definition) is 4. The molecule has 0 aliphatic heterocycles. The summed E-state index contributed by atoms with van der Waals surface area (Å²) < 4.78 is 0. The molecule has 1 rings (SSSR count). The van der Waals surface area contributed by atoms with E-state index in [0.717, 1.165) is 12.8 Å². The molecule has 0 radical (unpaired) electrons. The number of aryl methyl sites for hydroxylation is 1. The molecule has 0 aromatic carbocycles. The number of likely N-dealkylation sites (N-methyl/N-ethyl adjacent to an activating group) is 1. The van der Waals surface area contributed by atoms with E-state index in [0.29, 0.717) is 42.4 Å². The van der Waals surface area contributed by atoms with Crippen LogP contribution in [0.2, 0.25) is 0 Å². The van der Waals surface area contributed by atoms with Crippen LogP contribution in [0, 0.1) is 12.8 Å². The van der Waals surface area contributed by atoms with Crippen molar-refractivity contribution >= 4 is 17.5 Å². The predicted molar refractivity (Wildman–Crippen MR) is 101 cm³/mol. The van der Waals surface area contributed by atoms with Gasteiger partial charge in [0, 0.05) is 26.6 Å². The predicted octanol–water partition coefficient (Wildman–Crippen LogP) is 2.77. The third-order valence-corrected chi connectivity index (χ3v) is 4.67. The first-order chi connectivity index (χ1) is 11.9. The van der Waals surface area contributed by atoms with Gasteiger partial charge in [-0.1, -0.05) is 26.7 Å². The van der Waals surface area contributed by atoms with E-state index in [-0.39, 0.29) is 11.8 Å². The van der Waals surface area contributed by atoms with E-state index in [2.05, 4.69) is 24.1 Å². The summed E-state index contributed by atoms with van der Waals surface area (Å²) in [6.45, 7) is 7.06. The maximum Gasteiger partial charge on any atom is 0.253 e. The molecule has 0 atom stereocenters. The molecule has 0 spiro atoms. The molecule has 0 saturated carbocycles. The minimum Gasteiger partial charge on any atom is -0.397 e. The Morgan fingerprint density at radius 1 is 1.32 bits per heavy atom. The number of nitrogens with two attached hydrogens (primary N) is 1. The molecule has 0 aliphatic carbocycles. The standard InChI is InChI=1S/C19H32N4O2/c1-5-15(6-2)8-7-9-18(24)23(4)11-10-21-19(25)17-12-16(20)13-22-14(17)3/h12-13,15H,5-11,20H2,1-4H3,(H,21,25). The molecule has 140 valence electrons. The third kappa shape index (κ3) is 7.11. The molecule has 0 saturated heterocycles. The van der Waals surface area contributed by atoms with E-state index in [1.807, 2.05) is 0 Å². The Balaban J connectivity index is 2.33. The first kappa shape index (κ1) is 20.9. The molecule has 25 heavy (non-hydrogen) atoms. The van der Waals surface area contributed by atoms with Crippen LogP contribution in [0.4, 0.5) is 5.69 Å². The van der Waals surface area contributed by atoms with Gasteiger partial charge in [-0.05, 0) is 31.7 Å². The number of anilines is 1.